The Kier molecular flexibility index (Phi) is 5.05. The zero-order valence-corrected chi connectivity index (χ0v) is 12.2. The smallest absolute Gasteiger partial charge is 0.169 e. The summed E-state index contributed by atoms with van der Waals surface area (Å²) in [5, 5.41) is 9.82. The van der Waals surface area contributed by atoms with Crippen molar-refractivity contribution in [3.05, 3.63) is 54.1 Å². The quantitative estimate of drug-likeness (QED) is 0.753. The molecule has 2 aromatic rings. The Morgan fingerprint density at radius 3 is 2.35 bits per heavy atom. The standard InChI is InChI=1S/C18H22O2/c1-3-4-9-14(2)15-10-5-7-12-17(15)20-18-13-8-6-11-16(18)19/h5-8,10-14,19H,3-4,9H2,1-2H3. The highest BCUT2D eigenvalue weighted by atomic mass is 16.5. The lowest BCUT2D eigenvalue weighted by Gasteiger charge is -2.17. The number of phenolic OH excluding ortho intramolecular Hbond substituents is 1. The monoisotopic (exact) mass is 270 g/mol. The number of benzene rings is 2. The fourth-order valence-electron chi connectivity index (χ4n) is 2.31. The highest BCUT2D eigenvalue weighted by Gasteiger charge is 2.12. The van der Waals surface area contributed by atoms with Gasteiger partial charge in [0.05, 0.1) is 0 Å². The normalized spacial score (nSPS) is 12.1. The van der Waals surface area contributed by atoms with Crippen molar-refractivity contribution in [1.82, 2.24) is 0 Å². The van der Waals surface area contributed by atoms with Gasteiger partial charge in [-0.25, -0.2) is 0 Å². The molecule has 0 saturated heterocycles. The van der Waals surface area contributed by atoms with Gasteiger partial charge in [-0.2, -0.15) is 0 Å². The molecule has 0 aliphatic heterocycles. The van der Waals surface area contributed by atoms with Crippen molar-refractivity contribution in [1.29, 1.82) is 0 Å². The molecule has 1 N–H and O–H groups in total. The third-order valence-electron chi connectivity index (χ3n) is 3.53. The summed E-state index contributed by atoms with van der Waals surface area (Å²) >= 11 is 0. The Morgan fingerprint density at radius 2 is 1.65 bits per heavy atom. The fourth-order valence-corrected chi connectivity index (χ4v) is 2.31. The van der Waals surface area contributed by atoms with E-state index < -0.39 is 0 Å². The topological polar surface area (TPSA) is 29.5 Å². The molecule has 0 aromatic heterocycles. The number of ether oxygens (including phenoxy) is 1. The van der Waals surface area contributed by atoms with E-state index in [9.17, 15) is 5.11 Å². The van der Waals surface area contributed by atoms with E-state index in [1.165, 1.54) is 18.4 Å². The van der Waals surface area contributed by atoms with E-state index in [1.807, 2.05) is 24.3 Å². The van der Waals surface area contributed by atoms with Crippen molar-refractivity contribution in [3.63, 3.8) is 0 Å². The van der Waals surface area contributed by atoms with Gasteiger partial charge in [0.1, 0.15) is 5.75 Å². The Labute approximate surface area is 121 Å². The summed E-state index contributed by atoms with van der Waals surface area (Å²) < 4.78 is 5.89. The van der Waals surface area contributed by atoms with Crippen molar-refractivity contribution in [3.8, 4) is 17.2 Å². The maximum atomic E-state index is 9.82. The molecule has 1 atom stereocenters. The number of unbranched alkanes of at least 4 members (excludes halogenated alkanes) is 1. The van der Waals surface area contributed by atoms with Gasteiger partial charge < -0.3 is 9.84 Å². The molecular formula is C18H22O2. The first-order chi connectivity index (χ1) is 9.72. The van der Waals surface area contributed by atoms with Gasteiger partial charge in [-0.1, -0.05) is 57.0 Å². The minimum absolute atomic E-state index is 0.170. The predicted octanol–water partition coefficient (Wildman–Crippen LogP) is 5.48. The SMILES string of the molecule is CCCCC(C)c1ccccc1Oc1ccccc1O. The summed E-state index contributed by atoms with van der Waals surface area (Å²) in [6.07, 6.45) is 3.57. The Balaban J connectivity index is 2.22. The summed E-state index contributed by atoms with van der Waals surface area (Å²) in [5.74, 6) is 1.96. The van der Waals surface area contributed by atoms with Crippen molar-refractivity contribution in [2.45, 2.75) is 39.0 Å². The highest BCUT2D eigenvalue weighted by Crippen LogP contribution is 2.35. The van der Waals surface area contributed by atoms with E-state index in [1.54, 1.807) is 18.2 Å². The van der Waals surface area contributed by atoms with E-state index in [0.717, 1.165) is 12.2 Å². The van der Waals surface area contributed by atoms with Crippen molar-refractivity contribution < 1.29 is 9.84 Å². The van der Waals surface area contributed by atoms with E-state index in [-0.39, 0.29) is 5.75 Å². The molecule has 0 fully saturated rings. The first-order valence-corrected chi connectivity index (χ1v) is 7.27. The summed E-state index contributed by atoms with van der Waals surface area (Å²) in [6.45, 7) is 4.43. The molecule has 2 heteroatoms. The third-order valence-corrected chi connectivity index (χ3v) is 3.53. The van der Waals surface area contributed by atoms with E-state index in [4.69, 9.17) is 4.74 Å². The lowest BCUT2D eigenvalue weighted by atomic mass is 9.95. The van der Waals surface area contributed by atoms with Gasteiger partial charge in [0.2, 0.25) is 0 Å². The van der Waals surface area contributed by atoms with Crippen molar-refractivity contribution >= 4 is 0 Å². The van der Waals surface area contributed by atoms with Gasteiger partial charge in [0, 0.05) is 0 Å². The molecule has 0 aliphatic carbocycles. The second-order valence-electron chi connectivity index (χ2n) is 5.15. The summed E-state index contributed by atoms with van der Waals surface area (Å²) in [5.41, 5.74) is 1.20. The summed E-state index contributed by atoms with van der Waals surface area (Å²) in [4.78, 5) is 0. The van der Waals surface area contributed by atoms with E-state index in [2.05, 4.69) is 19.9 Å². The second-order valence-corrected chi connectivity index (χ2v) is 5.15. The first kappa shape index (κ1) is 14.4. The van der Waals surface area contributed by atoms with Gasteiger partial charge in [0.25, 0.3) is 0 Å². The maximum absolute atomic E-state index is 9.82. The second kappa shape index (κ2) is 6.99. The molecular weight excluding hydrogens is 248 g/mol. The molecule has 0 heterocycles. The van der Waals surface area contributed by atoms with Crippen LogP contribution in [0.3, 0.4) is 0 Å². The lowest BCUT2D eigenvalue weighted by Crippen LogP contribution is -1.97. The fraction of sp³-hybridized carbons (Fsp3) is 0.333. The lowest BCUT2D eigenvalue weighted by molar-refractivity contribution is 0.406. The number of phenols is 1. The van der Waals surface area contributed by atoms with Gasteiger partial charge in [-0.15, -0.1) is 0 Å². The average Bonchev–Trinajstić information content (AvgIpc) is 2.48. The average molecular weight is 270 g/mol. The van der Waals surface area contributed by atoms with Crippen LogP contribution in [-0.2, 0) is 0 Å². The molecule has 0 bridgehead atoms. The number of hydrogen-bond donors (Lipinski definition) is 1. The zero-order chi connectivity index (χ0) is 14.4. The highest BCUT2D eigenvalue weighted by molar-refractivity contribution is 5.44. The van der Waals surface area contributed by atoms with Crippen molar-refractivity contribution in [2.75, 3.05) is 0 Å². The molecule has 20 heavy (non-hydrogen) atoms. The van der Waals surface area contributed by atoms with Gasteiger partial charge >= 0.3 is 0 Å². The molecule has 0 aliphatic rings. The van der Waals surface area contributed by atoms with Crippen LogP contribution < -0.4 is 4.74 Å². The van der Waals surface area contributed by atoms with Crippen LogP contribution in [-0.4, -0.2) is 5.11 Å². The van der Waals surface area contributed by atoms with Crippen LogP contribution >= 0.6 is 0 Å². The van der Waals surface area contributed by atoms with Crippen LogP contribution in [0.15, 0.2) is 48.5 Å². The number of aromatic hydroxyl groups is 1. The molecule has 2 aromatic carbocycles. The number of para-hydroxylation sites is 3. The third kappa shape index (κ3) is 3.53. The molecule has 0 radical (unpaired) electrons. The minimum Gasteiger partial charge on any atom is -0.504 e. The summed E-state index contributed by atoms with van der Waals surface area (Å²) in [7, 11) is 0. The number of rotatable bonds is 6. The zero-order valence-electron chi connectivity index (χ0n) is 12.2. The minimum atomic E-state index is 0.170. The summed E-state index contributed by atoms with van der Waals surface area (Å²) in [6, 6.07) is 15.1. The Hall–Kier alpha value is -1.96. The maximum Gasteiger partial charge on any atom is 0.169 e. The van der Waals surface area contributed by atoms with Crippen molar-refractivity contribution in [2.24, 2.45) is 0 Å². The first-order valence-electron chi connectivity index (χ1n) is 7.27. The predicted molar refractivity (Wildman–Crippen MR) is 82.6 cm³/mol. The molecule has 106 valence electrons. The molecule has 0 spiro atoms. The van der Waals surface area contributed by atoms with E-state index >= 15 is 0 Å². The molecule has 0 amide bonds. The van der Waals surface area contributed by atoms with Crippen LogP contribution in [0.25, 0.3) is 0 Å². The molecule has 1 unspecified atom stereocenters. The van der Waals surface area contributed by atoms with Crippen LogP contribution in [0, 0.1) is 0 Å². The van der Waals surface area contributed by atoms with Crippen LogP contribution in [0.4, 0.5) is 0 Å². The van der Waals surface area contributed by atoms with Crippen LogP contribution in [0.5, 0.6) is 17.2 Å². The van der Waals surface area contributed by atoms with Gasteiger partial charge in [0.15, 0.2) is 11.5 Å². The van der Waals surface area contributed by atoms with Gasteiger partial charge in [-0.3, -0.25) is 0 Å². The Morgan fingerprint density at radius 1 is 1.00 bits per heavy atom. The number of hydrogen-bond acceptors (Lipinski definition) is 2. The molecule has 0 saturated carbocycles. The largest absolute Gasteiger partial charge is 0.504 e. The van der Waals surface area contributed by atoms with E-state index in [0.29, 0.717) is 11.7 Å². The van der Waals surface area contributed by atoms with Crippen LogP contribution in [0.2, 0.25) is 0 Å². The van der Waals surface area contributed by atoms with Gasteiger partial charge in [-0.05, 0) is 36.1 Å². The van der Waals surface area contributed by atoms with Crippen LogP contribution in [0.1, 0.15) is 44.6 Å². The Bertz CT molecular complexity index is 549. The molecule has 2 nitrogen and oxygen atoms in total. The molecule has 2 rings (SSSR count).